The van der Waals surface area contributed by atoms with Crippen molar-refractivity contribution in [2.45, 2.75) is 0 Å². The largest absolute Gasteiger partial charge is 0.436 e. The summed E-state index contributed by atoms with van der Waals surface area (Å²) in [4.78, 5) is 4.37. The number of sulfonamides is 1. The molecule has 3 rings (SSSR count). The fraction of sp³-hybridized carbons (Fsp3) is 0.0714. The van der Waals surface area contributed by atoms with Crippen LogP contribution in [0, 0.1) is 0 Å². The SMILES string of the molecule is CS(=O)(=O)Nc1ccc2oc(-c3ccccc3)nc2c1. The Morgan fingerprint density at radius 2 is 1.85 bits per heavy atom. The van der Waals surface area contributed by atoms with Crippen LogP contribution in [0.1, 0.15) is 0 Å². The standard InChI is InChI=1S/C14H12N2O3S/c1-20(17,18)16-11-7-8-13-12(9-11)15-14(19-13)10-5-3-2-4-6-10/h2-9,16H,1H3. The first-order chi connectivity index (χ1) is 9.51. The van der Waals surface area contributed by atoms with Crippen LogP contribution in [-0.2, 0) is 10.0 Å². The van der Waals surface area contributed by atoms with Crippen molar-refractivity contribution in [3.8, 4) is 11.5 Å². The topological polar surface area (TPSA) is 72.2 Å². The van der Waals surface area contributed by atoms with Crippen molar-refractivity contribution >= 4 is 26.8 Å². The van der Waals surface area contributed by atoms with Gasteiger partial charge in [-0.15, -0.1) is 0 Å². The van der Waals surface area contributed by atoms with Crippen molar-refractivity contribution < 1.29 is 12.8 Å². The second-order valence-electron chi connectivity index (χ2n) is 4.44. The van der Waals surface area contributed by atoms with Crippen LogP contribution in [0.25, 0.3) is 22.6 Å². The van der Waals surface area contributed by atoms with E-state index in [4.69, 9.17) is 4.42 Å². The summed E-state index contributed by atoms with van der Waals surface area (Å²) in [5.74, 6) is 0.511. The molecule has 0 unspecified atom stereocenters. The van der Waals surface area contributed by atoms with Crippen LogP contribution in [-0.4, -0.2) is 19.7 Å². The minimum absolute atomic E-state index is 0.466. The van der Waals surface area contributed by atoms with Gasteiger partial charge in [-0.2, -0.15) is 0 Å². The quantitative estimate of drug-likeness (QED) is 0.804. The van der Waals surface area contributed by atoms with Gasteiger partial charge in [0.2, 0.25) is 15.9 Å². The van der Waals surface area contributed by atoms with Gasteiger partial charge in [0.25, 0.3) is 0 Å². The molecule has 5 nitrogen and oxygen atoms in total. The van der Waals surface area contributed by atoms with E-state index in [1.165, 1.54) is 0 Å². The summed E-state index contributed by atoms with van der Waals surface area (Å²) in [7, 11) is -3.30. The van der Waals surface area contributed by atoms with E-state index in [0.29, 0.717) is 22.7 Å². The second-order valence-corrected chi connectivity index (χ2v) is 6.19. The zero-order chi connectivity index (χ0) is 14.2. The molecule has 1 aromatic heterocycles. The highest BCUT2D eigenvalue weighted by Gasteiger charge is 2.09. The molecule has 6 heteroatoms. The second kappa shape index (κ2) is 4.64. The van der Waals surface area contributed by atoms with E-state index in [1.54, 1.807) is 18.2 Å². The van der Waals surface area contributed by atoms with Crippen LogP contribution in [0.5, 0.6) is 0 Å². The van der Waals surface area contributed by atoms with E-state index < -0.39 is 10.0 Å². The molecule has 3 aromatic rings. The summed E-state index contributed by atoms with van der Waals surface area (Å²) in [6.45, 7) is 0. The third kappa shape index (κ3) is 2.65. The first-order valence-corrected chi connectivity index (χ1v) is 7.84. The molecular weight excluding hydrogens is 276 g/mol. The van der Waals surface area contributed by atoms with E-state index >= 15 is 0 Å². The zero-order valence-corrected chi connectivity index (χ0v) is 11.5. The molecule has 0 aliphatic heterocycles. The number of anilines is 1. The van der Waals surface area contributed by atoms with Gasteiger partial charge in [0.1, 0.15) is 5.52 Å². The molecule has 0 aliphatic carbocycles. The molecule has 1 heterocycles. The number of nitrogens with one attached hydrogen (secondary N) is 1. The summed E-state index contributed by atoms with van der Waals surface area (Å²) in [5.41, 5.74) is 2.56. The van der Waals surface area contributed by atoms with E-state index in [1.807, 2.05) is 30.3 Å². The summed E-state index contributed by atoms with van der Waals surface area (Å²) in [6, 6.07) is 14.5. The molecule has 20 heavy (non-hydrogen) atoms. The highest BCUT2D eigenvalue weighted by molar-refractivity contribution is 7.92. The molecular formula is C14H12N2O3S. The fourth-order valence-electron chi connectivity index (χ4n) is 1.91. The number of oxazole rings is 1. The molecule has 0 radical (unpaired) electrons. The van der Waals surface area contributed by atoms with Gasteiger partial charge in [-0.1, -0.05) is 18.2 Å². The number of hydrogen-bond donors (Lipinski definition) is 1. The van der Waals surface area contributed by atoms with Gasteiger partial charge in [0, 0.05) is 5.56 Å². The first-order valence-electron chi connectivity index (χ1n) is 5.95. The molecule has 1 N–H and O–H groups in total. The van der Waals surface area contributed by atoms with Gasteiger partial charge in [-0.25, -0.2) is 13.4 Å². The molecule has 0 spiro atoms. The van der Waals surface area contributed by atoms with Crippen LogP contribution in [0.15, 0.2) is 52.9 Å². The summed E-state index contributed by atoms with van der Waals surface area (Å²) in [5, 5.41) is 0. The minimum Gasteiger partial charge on any atom is -0.436 e. The van der Waals surface area contributed by atoms with Crippen molar-refractivity contribution in [1.82, 2.24) is 4.98 Å². The van der Waals surface area contributed by atoms with Crippen LogP contribution in [0.4, 0.5) is 5.69 Å². The number of aromatic nitrogens is 1. The Hall–Kier alpha value is -2.34. The molecule has 102 valence electrons. The molecule has 0 saturated carbocycles. The van der Waals surface area contributed by atoms with Crippen molar-refractivity contribution in [3.63, 3.8) is 0 Å². The van der Waals surface area contributed by atoms with Crippen molar-refractivity contribution in [1.29, 1.82) is 0 Å². The van der Waals surface area contributed by atoms with Crippen molar-refractivity contribution in [3.05, 3.63) is 48.5 Å². The normalized spacial score (nSPS) is 11.7. The molecule has 0 amide bonds. The minimum atomic E-state index is -3.30. The molecule has 0 fully saturated rings. The summed E-state index contributed by atoms with van der Waals surface area (Å²) in [6.07, 6.45) is 1.11. The third-order valence-corrected chi connectivity index (χ3v) is 3.32. The van der Waals surface area contributed by atoms with E-state index in [2.05, 4.69) is 9.71 Å². The van der Waals surface area contributed by atoms with E-state index in [9.17, 15) is 8.42 Å². The highest BCUT2D eigenvalue weighted by Crippen LogP contribution is 2.26. The molecule has 0 atom stereocenters. The highest BCUT2D eigenvalue weighted by atomic mass is 32.2. The maximum atomic E-state index is 11.2. The first kappa shape index (κ1) is 12.7. The lowest BCUT2D eigenvalue weighted by Crippen LogP contribution is -2.09. The number of rotatable bonds is 3. The lowest BCUT2D eigenvalue weighted by molar-refractivity contribution is 0.606. The van der Waals surface area contributed by atoms with Gasteiger partial charge < -0.3 is 4.42 Å². The lowest BCUT2D eigenvalue weighted by Gasteiger charge is -2.01. The number of hydrogen-bond acceptors (Lipinski definition) is 4. The molecule has 0 aliphatic rings. The smallest absolute Gasteiger partial charge is 0.229 e. The Morgan fingerprint density at radius 1 is 1.10 bits per heavy atom. The summed E-state index contributed by atoms with van der Waals surface area (Å²) >= 11 is 0. The lowest BCUT2D eigenvalue weighted by atomic mass is 10.2. The third-order valence-electron chi connectivity index (χ3n) is 2.71. The fourth-order valence-corrected chi connectivity index (χ4v) is 2.46. The number of nitrogens with zero attached hydrogens (tertiary/aromatic N) is 1. The van der Waals surface area contributed by atoms with Crippen molar-refractivity contribution in [2.75, 3.05) is 11.0 Å². The van der Waals surface area contributed by atoms with Crippen molar-refractivity contribution in [2.24, 2.45) is 0 Å². The zero-order valence-electron chi connectivity index (χ0n) is 10.7. The molecule has 0 saturated heterocycles. The van der Waals surface area contributed by atoms with E-state index in [-0.39, 0.29) is 0 Å². The number of benzene rings is 2. The van der Waals surface area contributed by atoms with Crippen LogP contribution < -0.4 is 4.72 Å². The predicted octanol–water partition coefficient (Wildman–Crippen LogP) is 2.87. The average Bonchev–Trinajstić information content (AvgIpc) is 2.81. The van der Waals surface area contributed by atoms with Gasteiger partial charge in [0.15, 0.2) is 5.58 Å². The van der Waals surface area contributed by atoms with Gasteiger partial charge in [0.05, 0.1) is 11.9 Å². The van der Waals surface area contributed by atoms with Gasteiger partial charge >= 0.3 is 0 Å². The maximum Gasteiger partial charge on any atom is 0.229 e. The van der Waals surface area contributed by atoms with Gasteiger partial charge in [-0.3, -0.25) is 4.72 Å². The molecule has 0 bridgehead atoms. The predicted molar refractivity (Wildman–Crippen MR) is 77.9 cm³/mol. The Labute approximate surface area is 116 Å². The molecule has 2 aromatic carbocycles. The Balaban J connectivity index is 2.04. The Kier molecular flexibility index (Phi) is 2.94. The Morgan fingerprint density at radius 3 is 2.55 bits per heavy atom. The summed E-state index contributed by atoms with van der Waals surface area (Å²) < 4.78 is 30.5. The monoisotopic (exact) mass is 288 g/mol. The Bertz CT molecular complexity index is 855. The number of fused-ring (bicyclic) bond motifs is 1. The van der Waals surface area contributed by atoms with Crippen LogP contribution in [0.3, 0.4) is 0 Å². The van der Waals surface area contributed by atoms with E-state index in [0.717, 1.165) is 11.8 Å². The average molecular weight is 288 g/mol. The van der Waals surface area contributed by atoms with Crippen LogP contribution >= 0.6 is 0 Å². The van der Waals surface area contributed by atoms with Crippen LogP contribution in [0.2, 0.25) is 0 Å². The van der Waals surface area contributed by atoms with Gasteiger partial charge in [-0.05, 0) is 30.3 Å². The maximum absolute atomic E-state index is 11.2.